The number of nitrogens with zero attached hydrogens (tertiary/aromatic N) is 3. The van der Waals surface area contributed by atoms with Gasteiger partial charge in [0.15, 0.2) is 5.13 Å². The van der Waals surface area contributed by atoms with Crippen molar-refractivity contribution in [2.45, 2.75) is 53.7 Å². The Morgan fingerprint density at radius 3 is 2.42 bits per heavy atom. The number of hydrogen-bond donors (Lipinski definition) is 1. The zero-order valence-corrected chi connectivity index (χ0v) is 16.4. The molecule has 0 aliphatic heterocycles. The molecule has 0 aromatic carbocycles. The van der Waals surface area contributed by atoms with E-state index in [1.807, 2.05) is 0 Å². The third-order valence-electron chi connectivity index (χ3n) is 3.60. The fraction of sp³-hybridized carbons (Fsp3) is 0.471. The number of aryl methyl sites for hydroxylation is 3. The molecule has 26 heavy (non-hydrogen) atoms. The highest BCUT2D eigenvalue weighted by molar-refractivity contribution is 7.17. The molecule has 0 saturated carbocycles. The molecule has 0 aliphatic carbocycles. The number of thiazole rings is 1. The Hall–Kier alpha value is -2.55. The number of esters is 1. The standard InChI is InChI=1S/C17H22N4O4S/c1-8(2)25-15(23)13-11(5)19-16(26-13)20-14(22)12(6)21-10(4)7-9(3)18-17(21)24/h7-8,12H,1-6H3,(H,19,20,22). The minimum atomic E-state index is -0.772. The molecule has 1 amide bonds. The molecule has 0 radical (unpaired) electrons. The molecule has 0 bridgehead atoms. The molecular formula is C17H22N4O4S. The van der Waals surface area contributed by atoms with Gasteiger partial charge in [-0.05, 0) is 47.6 Å². The molecule has 0 spiro atoms. The van der Waals surface area contributed by atoms with Gasteiger partial charge in [-0.3, -0.25) is 9.36 Å². The van der Waals surface area contributed by atoms with Gasteiger partial charge in [0.2, 0.25) is 5.91 Å². The van der Waals surface area contributed by atoms with E-state index in [-0.39, 0.29) is 11.2 Å². The van der Waals surface area contributed by atoms with Crippen molar-refractivity contribution >= 4 is 28.3 Å². The molecule has 2 rings (SSSR count). The van der Waals surface area contributed by atoms with E-state index >= 15 is 0 Å². The van der Waals surface area contributed by atoms with Crippen LogP contribution in [0.3, 0.4) is 0 Å². The van der Waals surface area contributed by atoms with Gasteiger partial charge in [-0.25, -0.2) is 14.6 Å². The summed E-state index contributed by atoms with van der Waals surface area (Å²) in [6.45, 7) is 10.3. The molecule has 2 aromatic rings. The van der Waals surface area contributed by atoms with Crippen LogP contribution in [-0.2, 0) is 9.53 Å². The lowest BCUT2D eigenvalue weighted by Crippen LogP contribution is -2.34. The Kier molecular flexibility index (Phi) is 5.91. The first kappa shape index (κ1) is 19.8. The second-order valence-electron chi connectivity index (χ2n) is 6.24. The minimum absolute atomic E-state index is 0.244. The largest absolute Gasteiger partial charge is 0.459 e. The number of aromatic nitrogens is 3. The summed E-state index contributed by atoms with van der Waals surface area (Å²) >= 11 is 1.04. The zero-order valence-electron chi connectivity index (χ0n) is 15.6. The lowest BCUT2D eigenvalue weighted by molar-refractivity contribution is -0.118. The van der Waals surface area contributed by atoms with E-state index in [0.29, 0.717) is 22.0 Å². The first-order chi connectivity index (χ1) is 12.1. The Balaban J connectivity index is 2.20. The summed E-state index contributed by atoms with van der Waals surface area (Å²) in [4.78, 5) is 45.1. The molecule has 0 fully saturated rings. The molecule has 2 aromatic heterocycles. The molecule has 9 heteroatoms. The van der Waals surface area contributed by atoms with E-state index < -0.39 is 23.6 Å². The second kappa shape index (κ2) is 7.77. The molecule has 2 heterocycles. The van der Waals surface area contributed by atoms with E-state index in [1.165, 1.54) is 4.57 Å². The van der Waals surface area contributed by atoms with Crippen molar-refractivity contribution in [3.63, 3.8) is 0 Å². The van der Waals surface area contributed by atoms with Crippen LogP contribution in [0.25, 0.3) is 0 Å². The summed E-state index contributed by atoms with van der Waals surface area (Å²) in [5.74, 6) is -0.892. The molecule has 140 valence electrons. The molecule has 1 N–H and O–H groups in total. The number of hydrogen-bond acceptors (Lipinski definition) is 7. The van der Waals surface area contributed by atoms with E-state index in [0.717, 1.165) is 11.3 Å². The third-order valence-corrected chi connectivity index (χ3v) is 4.65. The van der Waals surface area contributed by atoms with Gasteiger partial charge in [-0.2, -0.15) is 4.98 Å². The monoisotopic (exact) mass is 378 g/mol. The van der Waals surface area contributed by atoms with Gasteiger partial charge in [0.25, 0.3) is 0 Å². The number of carbonyl (C=O) groups excluding carboxylic acids is 2. The third kappa shape index (κ3) is 4.34. The van der Waals surface area contributed by atoms with Crippen molar-refractivity contribution in [3.8, 4) is 0 Å². The van der Waals surface area contributed by atoms with Crippen LogP contribution in [0.15, 0.2) is 10.9 Å². The van der Waals surface area contributed by atoms with Crippen molar-refractivity contribution in [1.82, 2.24) is 14.5 Å². The maximum absolute atomic E-state index is 12.5. The quantitative estimate of drug-likeness (QED) is 0.801. The number of amides is 1. The van der Waals surface area contributed by atoms with Crippen molar-refractivity contribution in [2.24, 2.45) is 0 Å². The van der Waals surface area contributed by atoms with Crippen LogP contribution in [0.1, 0.15) is 53.6 Å². The predicted octanol–water partition coefficient (Wildman–Crippen LogP) is 2.39. The normalized spacial score (nSPS) is 12.1. The average Bonchev–Trinajstić information content (AvgIpc) is 2.85. The molecular weight excluding hydrogens is 356 g/mol. The Bertz CT molecular complexity index is 901. The Labute approximate surface area is 155 Å². The zero-order chi connectivity index (χ0) is 19.6. The van der Waals surface area contributed by atoms with Gasteiger partial charge in [0.1, 0.15) is 10.9 Å². The Morgan fingerprint density at radius 2 is 1.85 bits per heavy atom. The van der Waals surface area contributed by atoms with Crippen LogP contribution >= 0.6 is 11.3 Å². The maximum Gasteiger partial charge on any atom is 0.350 e. The first-order valence-corrected chi connectivity index (χ1v) is 8.97. The highest BCUT2D eigenvalue weighted by Gasteiger charge is 2.22. The van der Waals surface area contributed by atoms with Crippen LogP contribution in [0.4, 0.5) is 5.13 Å². The summed E-state index contributed by atoms with van der Waals surface area (Å²) in [5, 5.41) is 2.93. The fourth-order valence-electron chi connectivity index (χ4n) is 2.46. The summed E-state index contributed by atoms with van der Waals surface area (Å²) in [7, 11) is 0. The average molecular weight is 378 g/mol. The summed E-state index contributed by atoms with van der Waals surface area (Å²) in [6, 6.07) is 0.963. The molecule has 1 atom stereocenters. The SMILES string of the molecule is Cc1cc(C)n(C(C)C(=O)Nc2nc(C)c(C(=O)OC(C)C)s2)c(=O)n1. The fourth-order valence-corrected chi connectivity index (χ4v) is 3.32. The Morgan fingerprint density at radius 1 is 1.19 bits per heavy atom. The topological polar surface area (TPSA) is 103 Å². The van der Waals surface area contributed by atoms with E-state index in [1.54, 1.807) is 47.6 Å². The smallest absolute Gasteiger partial charge is 0.350 e. The number of ether oxygens (including phenoxy) is 1. The van der Waals surface area contributed by atoms with Gasteiger partial charge in [0.05, 0.1) is 11.8 Å². The van der Waals surface area contributed by atoms with E-state index in [2.05, 4.69) is 15.3 Å². The molecule has 0 saturated heterocycles. The van der Waals surface area contributed by atoms with Gasteiger partial charge >= 0.3 is 11.7 Å². The first-order valence-electron chi connectivity index (χ1n) is 8.16. The lowest BCUT2D eigenvalue weighted by atomic mass is 10.2. The van der Waals surface area contributed by atoms with Gasteiger partial charge in [0, 0.05) is 11.4 Å². The molecule has 0 aliphatic rings. The van der Waals surface area contributed by atoms with Crippen molar-refractivity contribution in [3.05, 3.63) is 38.5 Å². The summed E-state index contributed by atoms with van der Waals surface area (Å²) in [5.41, 5.74) is 1.23. The van der Waals surface area contributed by atoms with Gasteiger partial charge in [-0.15, -0.1) is 0 Å². The summed E-state index contributed by atoms with van der Waals surface area (Å²) < 4.78 is 6.48. The van der Waals surface area contributed by atoms with Crippen LogP contribution in [0, 0.1) is 20.8 Å². The number of carbonyl (C=O) groups is 2. The second-order valence-corrected chi connectivity index (χ2v) is 7.24. The van der Waals surface area contributed by atoms with Crippen LogP contribution in [0.5, 0.6) is 0 Å². The predicted molar refractivity (Wildman–Crippen MR) is 98.7 cm³/mol. The number of anilines is 1. The van der Waals surface area contributed by atoms with Crippen LogP contribution in [-0.4, -0.2) is 32.5 Å². The molecule has 8 nitrogen and oxygen atoms in total. The highest BCUT2D eigenvalue weighted by Crippen LogP contribution is 2.24. The summed E-state index contributed by atoms with van der Waals surface area (Å²) in [6.07, 6.45) is -0.244. The van der Waals surface area contributed by atoms with Crippen molar-refractivity contribution in [1.29, 1.82) is 0 Å². The van der Waals surface area contributed by atoms with Gasteiger partial charge < -0.3 is 10.1 Å². The number of rotatable bonds is 5. The van der Waals surface area contributed by atoms with Crippen molar-refractivity contribution < 1.29 is 14.3 Å². The number of nitrogens with one attached hydrogen (secondary N) is 1. The van der Waals surface area contributed by atoms with Crippen LogP contribution < -0.4 is 11.0 Å². The maximum atomic E-state index is 12.5. The van der Waals surface area contributed by atoms with E-state index in [4.69, 9.17) is 4.74 Å². The van der Waals surface area contributed by atoms with Gasteiger partial charge in [-0.1, -0.05) is 11.3 Å². The van der Waals surface area contributed by atoms with Crippen LogP contribution in [0.2, 0.25) is 0 Å². The lowest BCUT2D eigenvalue weighted by Gasteiger charge is -2.16. The highest BCUT2D eigenvalue weighted by atomic mass is 32.1. The molecule has 1 unspecified atom stereocenters. The van der Waals surface area contributed by atoms with Crippen molar-refractivity contribution in [2.75, 3.05) is 5.32 Å². The minimum Gasteiger partial charge on any atom is -0.459 e. The van der Waals surface area contributed by atoms with E-state index in [9.17, 15) is 14.4 Å².